The lowest BCUT2D eigenvalue weighted by Crippen LogP contribution is -2.50. The maximum absolute atomic E-state index is 9.44. The quantitative estimate of drug-likeness (QED) is 0.639. The van der Waals surface area contributed by atoms with E-state index in [1.165, 1.54) is 48.8 Å². The van der Waals surface area contributed by atoms with Crippen LogP contribution in [-0.2, 0) is 12.0 Å². The molecule has 3 heteroatoms. The van der Waals surface area contributed by atoms with Gasteiger partial charge < -0.3 is 10.5 Å². The minimum atomic E-state index is -0.307. The number of hydrogen-bond acceptors (Lipinski definition) is 3. The molecule has 1 saturated carbocycles. The highest BCUT2D eigenvalue weighted by molar-refractivity contribution is 6.00. The third kappa shape index (κ3) is 2.14. The van der Waals surface area contributed by atoms with Gasteiger partial charge in [0.15, 0.2) is 0 Å². The van der Waals surface area contributed by atoms with Gasteiger partial charge >= 0.3 is 0 Å². The van der Waals surface area contributed by atoms with Gasteiger partial charge in [0.1, 0.15) is 0 Å². The number of fused-ring (bicyclic) bond motifs is 1. The smallest absolute Gasteiger partial charge is 0.0857 e. The van der Waals surface area contributed by atoms with E-state index in [4.69, 9.17) is 0 Å². The molecule has 0 spiro atoms. The third-order valence-corrected chi connectivity index (χ3v) is 5.09. The van der Waals surface area contributed by atoms with E-state index in [1.54, 1.807) is 0 Å². The van der Waals surface area contributed by atoms with E-state index in [2.05, 4.69) is 42.5 Å². The molecular weight excluding hydrogens is 248 g/mol. The summed E-state index contributed by atoms with van der Waals surface area (Å²) in [5, 5.41) is 16.8. The lowest BCUT2D eigenvalue weighted by Gasteiger charge is -2.34. The molecule has 0 aromatic heterocycles. The van der Waals surface area contributed by atoms with Gasteiger partial charge in [0.25, 0.3) is 0 Å². The SMILES string of the molecule is Cc1cccc2c1CC(=NO)C2(C)NC1CCCCC1. The molecule has 0 heterocycles. The molecule has 1 aromatic carbocycles. The molecule has 0 aliphatic heterocycles. The zero-order chi connectivity index (χ0) is 14.2. The van der Waals surface area contributed by atoms with E-state index in [0.29, 0.717) is 6.04 Å². The molecule has 1 atom stereocenters. The highest BCUT2D eigenvalue weighted by Gasteiger charge is 2.42. The van der Waals surface area contributed by atoms with Crippen LogP contribution in [0.2, 0.25) is 0 Å². The minimum Gasteiger partial charge on any atom is -0.411 e. The normalized spacial score (nSPS) is 28.8. The predicted octanol–water partition coefficient (Wildman–Crippen LogP) is 3.52. The highest BCUT2D eigenvalue weighted by Crippen LogP contribution is 2.37. The molecule has 0 amide bonds. The van der Waals surface area contributed by atoms with Gasteiger partial charge in [-0.1, -0.05) is 42.6 Å². The summed E-state index contributed by atoms with van der Waals surface area (Å²) in [6.45, 7) is 4.31. The van der Waals surface area contributed by atoms with Crippen LogP contribution < -0.4 is 5.32 Å². The fourth-order valence-electron chi connectivity index (χ4n) is 3.86. The van der Waals surface area contributed by atoms with Crippen LogP contribution in [0, 0.1) is 6.92 Å². The van der Waals surface area contributed by atoms with Gasteiger partial charge in [-0.2, -0.15) is 0 Å². The first-order valence-electron chi connectivity index (χ1n) is 7.73. The number of nitrogens with one attached hydrogen (secondary N) is 1. The summed E-state index contributed by atoms with van der Waals surface area (Å²) in [7, 11) is 0. The van der Waals surface area contributed by atoms with E-state index in [9.17, 15) is 5.21 Å². The van der Waals surface area contributed by atoms with E-state index in [0.717, 1.165) is 12.1 Å². The number of nitrogens with zero attached hydrogens (tertiary/aromatic N) is 1. The van der Waals surface area contributed by atoms with Crippen LogP contribution in [0.25, 0.3) is 0 Å². The zero-order valence-corrected chi connectivity index (χ0v) is 12.4. The van der Waals surface area contributed by atoms with Crippen molar-refractivity contribution in [2.45, 2.75) is 64.0 Å². The summed E-state index contributed by atoms with van der Waals surface area (Å²) in [6.07, 6.45) is 7.19. The molecule has 1 fully saturated rings. The largest absolute Gasteiger partial charge is 0.411 e. The Kier molecular flexibility index (Phi) is 3.55. The number of rotatable bonds is 2. The van der Waals surface area contributed by atoms with Crippen molar-refractivity contribution < 1.29 is 5.21 Å². The Bertz CT molecular complexity index is 532. The predicted molar refractivity (Wildman–Crippen MR) is 81.5 cm³/mol. The number of hydrogen-bond donors (Lipinski definition) is 2. The van der Waals surface area contributed by atoms with Crippen molar-refractivity contribution in [2.24, 2.45) is 5.16 Å². The van der Waals surface area contributed by atoms with Crippen molar-refractivity contribution >= 4 is 5.71 Å². The van der Waals surface area contributed by atoms with Crippen molar-refractivity contribution in [3.63, 3.8) is 0 Å². The molecule has 20 heavy (non-hydrogen) atoms. The first-order chi connectivity index (χ1) is 9.65. The molecule has 0 bridgehead atoms. The van der Waals surface area contributed by atoms with Crippen LogP contribution in [0.4, 0.5) is 0 Å². The molecule has 1 unspecified atom stereocenters. The fraction of sp³-hybridized carbons (Fsp3) is 0.588. The van der Waals surface area contributed by atoms with Crippen LogP contribution in [-0.4, -0.2) is 17.0 Å². The molecule has 0 saturated heterocycles. The average molecular weight is 272 g/mol. The van der Waals surface area contributed by atoms with Crippen LogP contribution in [0.15, 0.2) is 23.4 Å². The van der Waals surface area contributed by atoms with Crippen molar-refractivity contribution in [2.75, 3.05) is 0 Å². The van der Waals surface area contributed by atoms with Gasteiger partial charge in [-0.25, -0.2) is 0 Å². The molecular formula is C17H24N2O. The summed E-state index contributed by atoms with van der Waals surface area (Å²) in [5.74, 6) is 0. The molecule has 108 valence electrons. The second kappa shape index (κ2) is 5.21. The topological polar surface area (TPSA) is 44.6 Å². The number of oxime groups is 1. The lowest BCUT2D eigenvalue weighted by atomic mass is 9.87. The van der Waals surface area contributed by atoms with Gasteiger partial charge in [-0.3, -0.25) is 0 Å². The standard InChI is InChI=1S/C17H24N2O/c1-12-7-6-10-15-14(12)11-16(19-20)17(15,2)18-13-8-4-3-5-9-13/h6-7,10,13,18,20H,3-5,8-9,11H2,1-2H3. The van der Waals surface area contributed by atoms with Crippen molar-refractivity contribution in [3.05, 3.63) is 34.9 Å². The average Bonchev–Trinajstić information content (AvgIpc) is 2.74. The van der Waals surface area contributed by atoms with Crippen molar-refractivity contribution in [3.8, 4) is 0 Å². The maximum atomic E-state index is 9.44. The lowest BCUT2D eigenvalue weighted by molar-refractivity contribution is 0.292. The first kappa shape index (κ1) is 13.6. The monoisotopic (exact) mass is 272 g/mol. The second-order valence-electron chi connectivity index (χ2n) is 6.43. The van der Waals surface area contributed by atoms with E-state index < -0.39 is 0 Å². The second-order valence-corrected chi connectivity index (χ2v) is 6.43. The van der Waals surface area contributed by atoms with Gasteiger partial charge in [0, 0.05) is 12.5 Å². The van der Waals surface area contributed by atoms with E-state index in [-0.39, 0.29) is 5.54 Å². The summed E-state index contributed by atoms with van der Waals surface area (Å²) in [6, 6.07) is 6.96. The molecule has 2 N–H and O–H groups in total. The number of benzene rings is 1. The zero-order valence-electron chi connectivity index (χ0n) is 12.4. The van der Waals surface area contributed by atoms with Crippen LogP contribution >= 0.6 is 0 Å². The van der Waals surface area contributed by atoms with Gasteiger partial charge in [0.2, 0.25) is 0 Å². The Morgan fingerprint density at radius 3 is 2.70 bits per heavy atom. The van der Waals surface area contributed by atoms with Gasteiger partial charge in [-0.05, 0) is 43.4 Å². The van der Waals surface area contributed by atoms with Crippen molar-refractivity contribution in [1.29, 1.82) is 0 Å². The van der Waals surface area contributed by atoms with Crippen LogP contribution in [0.1, 0.15) is 55.7 Å². The Balaban J connectivity index is 1.95. The summed E-state index contributed by atoms with van der Waals surface area (Å²) in [5.41, 5.74) is 4.45. The molecule has 0 radical (unpaired) electrons. The van der Waals surface area contributed by atoms with Gasteiger partial charge in [-0.15, -0.1) is 0 Å². The van der Waals surface area contributed by atoms with Crippen LogP contribution in [0.5, 0.6) is 0 Å². The van der Waals surface area contributed by atoms with E-state index in [1.807, 2.05) is 0 Å². The maximum Gasteiger partial charge on any atom is 0.0857 e. The number of aryl methyl sites for hydroxylation is 1. The Hall–Kier alpha value is -1.35. The van der Waals surface area contributed by atoms with E-state index >= 15 is 0 Å². The molecule has 2 aliphatic carbocycles. The Morgan fingerprint density at radius 1 is 1.25 bits per heavy atom. The van der Waals surface area contributed by atoms with Gasteiger partial charge in [0.05, 0.1) is 11.3 Å². The summed E-state index contributed by atoms with van der Waals surface area (Å²) in [4.78, 5) is 0. The molecule has 1 aromatic rings. The Labute approximate surface area is 121 Å². The molecule has 3 nitrogen and oxygen atoms in total. The summed E-state index contributed by atoms with van der Waals surface area (Å²) < 4.78 is 0. The summed E-state index contributed by atoms with van der Waals surface area (Å²) >= 11 is 0. The van der Waals surface area contributed by atoms with Crippen molar-refractivity contribution in [1.82, 2.24) is 5.32 Å². The molecule has 3 rings (SSSR count). The fourth-order valence-corrected chi connectivity index (χ4v) is 3.86. The Morgan fingerprint density at radius 2 is 2.00 bits per heavy atom. The first-order valence-corrected chi connectivity index (χ1v) is 7.73. The highest BCUT2D eigenvalue weighted by atomic mass is 16.4. The third-order valence-electron chi connectivity index (χ3n) is 5.09. The van der Waals surface area contributed by atoms with Crippen LogP contribution in [0.3, 0.4) is 0 Å². The molecule has 2 aliphatic rings. The minimum absolute atomic E-state index is 0.307.